The molecule has 1 N–H and O–H groups in total. The Kier molecular flexibility index (Phi) is 10.7. The van der Waals surface area contributed by atoms with Gasteiger partial charge < -0.3 is 29.9 Å². The number of rotatable bonds is 1. The molecular formula is C28H27Cl2OTi. The van der Waals surface area contributed by atoms with E-state index < -0.39 is 0 Å². The number of fused-ring (bicyclic) bond motifs is 4. The first-order valence-corrected chi connectivity index (χ1v) is 10.2. The summed E-state index contributed by atoms with van der Waals surface area (Å²) in [4.78, 5) is 0. The van der Waals surface area contributed by atoms with Gasteiger partial charge in [-0.25, -0.2) is 0 Å². The first kappa shape index (κ1) is 28.4. The zero-order valence-corrected chi connectivity index (χ0v) is 21.6. The molecule has 0 aliphatic heterocycles. The van der Waals surface area contributed by atoms with Crippen molar-refractivity contribution in [1.82, 2.24) is 0 Å². The summed E-state index contributed by atoms with van der Waals surface area (Å²) >= 11 is 0. The molecule has 1 aliphatic rings. The van der Waals surface area contributed by atoms with E-state index in [-0.39, 0.29) is 64.5 Å². The summed E-state index contributed by atoms with van der Waals surface area (Å²) in [6.45, 7) is 6.25. The van der Waals surface area contributed by atoms with Crippen molar-refractivity contribution in [2.24, 2.45) is 5.41 Å². The summed E-state index contributed by atoms with van der Waals surface area (Å²) in [5, 5.41) is 10.8. The maximum atomic E-state index is 8.40. The Morgan fingerprint density at radius 2 is 1.19 bits per heavy atom. The van der Waals surface area contributed by atoms with Crippen molar-refractivity contribution in [1.29, 1.82) is 0 Å². The molecule has 1 nitrogen and oxygen atoms in total. The van der Waals surface area contributed by atoms with Crippen LogP contribution in [-0.4, -0.2) is 11.7 Å². The molecule has 32 heavy (non-hydrogen) atoms. The predicted octanol–water partition coefficient (Wildman–Crippen LogP) is 0.831. The predicted molar refractivity (Wildman–Crippen MR) is 122 cm³/mol. The smallest absolute Gasteiger partial charge is 1.00 e. The van der Waals surface area contributed by atoms with Gasteiger partial charge in [0.15, 0.2) is 0 Å². The standard InChI is InChI=1S/C23H15.C5H12O.2ClH.Ti/c1-2-8-17-15-18(14-13-16(17)7-1)23-21-11-5-3-9-19(21)20-10-4-6-12-22(20)23;1-5(2,3)4-6;;;/h1-14,23H;6H,4H2,1-3H3;2*1H;/q-1;;;;+3/p-2. The van der Waals surface area contributed by atoms with Gasteiger partial charge in [-0.3, -0.25) is 0 Å². The van der Waals surface area contributed by atoms with Crippen LogP contribution < -0.4 is 24.8 Å². The van der Waals surface area contributed by atoms with E-state index >= 15 is 0 Å². The van der Waals surface area contributed by atoms with Gasteiger partial charge in [-0.2, -0.15) is 0 Å². The number of benzene rings is 4. The maximum absolute atomic E-state index is 8.40. The van der Waals surface area contributed by atoms with E-state index in [1.54, 1.807) is 0 Å². The molecule has 0 unspecified atom stereocenters. The summed E-state index contributed by atoms with van der Waals surface area (Å²) in [6, 6.07) is 34.0. The average Bonchev–Trinajstić information content (AvgIpc) is 3.08. The summed E-state index contributed by atoms with van der Waals surface area (Å²) in [5.74, 6) is 0.284. The fraction of sp³-hybridized carbons (Fsp3) is 0.214. The van der Waals surface area contributed by atoms with Crippen LogP contribution in [0.3, 0.4) is 0 Å². The molecule has 4 aromatic carbocycles. The molecule has 0 saturated carbocycles. The third kappa shape index (κ3) is 6.04. The number of halogens is 2. The van der Waals surface area contributed by atoms with Crippen molar-refractivity contribution in [3.05, 3.63) is 108 Å². The summed E-state index contributed by atoms with van der Waals surface area (Å²) in [7, 11) is 0. The zero-order valence-electron chi connectivity index (χ0n) is 18.6. The van der Waals surface area contributed by atoms with Gasteiger partial charge in [0.1, 0.15) is 0 Å². The summed E-state index contributed by atoms with van der Waals surface area (Å²) < 4.78 is 0. The van der Waals surface area contributed by atoms with Gasteiger partial charge in [0.25, 0.3) is 0 Å². The Morgan fingerprint density at radius 3 is 1.72 bits per heavy atom. The summed E-state index contributed by atoms with van der Waals surface area (Å²) in [6.07, 6.45) is 0. The largest absolute Gasteiger partial charge is 3.00 e. The van der Waals surface area contributed by atoms with Crippen molar-refractivity contribution < 1.29 is 51.6 Å². The Morgan fingerprint density at radius 1 is 0.719 bits per heavy atom. The molecule has 0 atom stereocenters. The average molecular weight is 498 g/mol. The SMILES string of the molecule is CC(C)(C)CO.[Cl-].[Cl-].[Ti+3].[c-]1c(C2c3ccccc3-c3ccccc32)ccc2ccccc12. The van der Waals surface area contributed by atoms with E-state index in [0.717, 1.165) is 0 Å². The van der Waals surface area contributed by atoms with E-state index in [2.05, 4.69) is 91.0 Å². The van der Waals surface area contributed by atoms with Crippen molar-refractivity contribution in [2.45, 2.75) is 26.7 Å². The van der Waals surface area contributed by atoms with Crippen LogP contribution in [0.2, 0.25) is 0 Å². The minimum Gasteiger partial charge on any atom is -1.00 e. The van der Waals surface area contributed by atoms with Crippen LogP contribution in [0.5, 0.6) is 0 Å². The molecule has 0 heterocycles. The Hall–Kier alpha value is -1.61. The van der Waals surface area contributed by atoms with Crippen LogP contribution in [0.25, 0.3) is 21.9 Å². The van der Waals surface area contributed by atoms with Gasteiger partial charge in [-0.15, -0.1) is 46.7 Å². The molecule has 0 spiro atoms. The van der Waals surface area contributed by atoms with Gasteiger partial charge in [0.05, 0.1) is 0 Å². The fourth-order valence-corrected chi connectivity index (χ4v) is 3.79. The normalized spacial score (nSPS) is 11.6. The van der Waals surface area contributed by atoms with Gasteiger partial charge >= 0.3 is 21.7 Å². The zero-order chi connectivity index (χ0) is 20.4. The summed E-state index contributed by atoms with van der Waals surface area (Å²) in [5.41, 5.74) is 6.84. The second-order valence-electron chi connectivity index (χ2n) is 8.83. The number of aliphatic hydroxyl groups is 1. The molecule has 0 bridgehead atoms. The molecule has 4 aromatic rings. The molecule has 0 saturated heterocycles. The molecule has 4 heteroatoms. The van der Waals surface area contributed by atoms with Crippen LogP contribution in [0.4, 0.5) is 0 Å². The minimum absolute atomic E-state index is 0. The molecule has 0 amide bonds. The monoisotopic (exact) mass is 497 g/mol. The molecule has 0 fully saturated rings. The van der Waals surface area contributed by atoms with Gasteiger partial charge in [0, 0.05) is 12.5 Å². The van der Waals surface area contributed by atoms with Crippen molar-refractivity contribution in [2.75, 3.05) is 6.61 Å². The van der Waals surface area contributed by atoms with E-state index in [1.807, 2.05) is 20.8 Å². The second kappa shape index (κ2) is 12.0. The second-order valence-corrected chi connectivity index (χ2v) is 8.83. The molecule has 1 radical (unpaired) electrons. The molecule has 0 aromatic heterocycles. The van der Waals surface area contributed by atoms with Crippen LogP contribution >= 0.6 is 0 Å². The topological polar surface area (TPSA) is 20.2 Å². The third-order valence-corrected chi connectivity index (χ3v) is 5.30. The number of hydrogen-bond donors (Lipinski definition) is 1. The quantitative estimate of drug-likeness (QED) is 0.268. The van der Waals surface area contributed by atoms with Crippen LogP contribution in [0.1, 0.15) is 43.4 Å². The molecule has 5 rings (SSSR count). The van der Waals surface area contributed by atoms with Gasteiger partial charge in [-0.1, -0.05) is 81.4 Å². The molecular weight excluding hydrogens is 471 g/mol. The maximum Gasteiger partial charge on any atom is 3.00 e. The first-order chi connectivity index (χ1) is 14.0. The third-order valence-electron chi connectivity index (χ3n) is 5.30. The van der Waals surface area contributed by atoms with Crippen LogP contribution in [-0.2, 0) is 21.7 Å². The number of hydrogen-bond acceptors (Lipinski definition) is 1. The Bertz CT molecular complexity index is 1110. The van der Waals surface area contributed by atoms with Crippen LogP contribution in [0, 0.1) is 11.5 Å². The first-order valence-electron chi connectivity index (χ1n) is 10.2. The number of aliphatic hydroxyl groups excluding tert-OH is 1. The van der Waals surface area contributed by atoms with E-state index in [4.69, 9.17) is 5.11 Å². The van der Waals surface area contributed by atoms with Gasteiger partial charge in [-0.05, 0) is 27.7 Å². The molecule has 1 aliphatic carbocycles. The van der Waals surface area contributed by atoms with Gasteiger partial charge in [0.2, 0.25) is 0 Å². The Balaban J connectivity index is 0.000000511. The van der Waals surface area contributed by atoms with Crippen LogP contribution in [0.15, 0.2) is 84.9 Å². The van der Waals surface area contributed by atoms with Crippen molar-refractivity contribution >= 4 is 10.8 Å². The van der Waals surface area contributed by atoms with Crippen molar-refractivity contribution in [3.63, 3.8) is 0 Å². The molecule has 163 valence electrons. The van der Waals surface area contributed by atoms with E-state index in [1.165, 1.54) is 38.6 Å². The van der Waals surface area contributed by atoms with Crippen molar-refractivity contribution in [3.8, 4) is 11.1 Å². The van der Waals surface area contributed by atoms with E-state index in [0.29, 0.717) is 0 Å². The Labute approximate surface area is 219 Å². The van der Waals surface area contributed by atoms with E-state index in [9.17, 15) is 0 Å². The fourth-order valence-electron chi connectivity index (χ4n) is 3.79. The minimum atomic E-state index is 0.